The Hall–Kier alpha value is -8.30. The Morgan fingerprint density at radius 3 is 1.67 bits per heavy atom. The molecule has 8 rings (SSSR count). The Morgan fingerprint density at radius 2 is 1.27 bits per heavy atom. The van der Waals surface area contributed by atoms with Crippen LogP contribution in [-0.2, 0) is 9.59 Å². The highest BCUT2D eigenvalue weighted by molar-refractivity contribution is 6.03. The van der Waals surface area contributed by atoms with Crippen LogP contribution >= 0.6 is 0 Å². The molecule has 2 aliphatic rings. The molecule has 3 amide bonds. The molecule has 8 heterocycles. The van der Waals surface area contributed by atoms with Crippen LogP contribution in [0.2, 0.25) is 0 Å². The number of hydrogen-bond acceptors (Lipinski definition) is 15. The summed E-state index contributed by atoms with van der Waals surface area (Å²) in [6.07, 6.45) is 9.52. The highest BCUT2D eigenvalue weighted by atomic mass is 16.5. The van der Waals surface area contributed by atoms with Crippen molar-refractivity contribution < 1.29 is 33.8 Å². The van der Waals surface area contributed by atoms with Gasteiger partial charge in [-0.05, 0) is 40.8 Å². The maximum Gasteiger partial charge on any atom is 0.317 e. The van der Waals surface area contributed by atoms with Crippen molar-refractivity contribution in [2.24, 2.45) is 22.3 Å². The molecular weight excluding hydrogens is 861 g/mol. The first-order valence-corrected chi connectivity index (χ1v) is 21.0. The van der Waals surface area contributed by atoms with E-state index in [1.54, 1.807) is 40.5 Å². The summed E-state index contributed by atoms with van der Waals surface area (Å²) in [5, 5.41) is 43.3. The number of aliphatic carboxylic acids is 1. The Morgan fingerprint density at radius 1 is 0.776 bits per heavy atom. The van der Waals surface area contributed by atoms with Crippen molar-refractivity contribution in [3.8, 4) is 46.2 Å². The van der Waals surface area contributed by atoms with Gasteiger partial charge in [-0.25, -0.2) is 19.0 Å². The lowest BCUT2D eigenvalue weighted by Gasteiger charge is -2.28. The summed E-state index contributed by atoms with van der Waals surface area (Å²) in [5.74, 6) is -1.36. The zero-order valence-corrected chi connectivity index (χ0v) is 37.9. The van der Waals surface area contributed by atoms with Gasteiger partial charge < -0.3 is 46.9 Å². The number of primary amides is 2. The molecule has 8 N–H and O–H groups in total. The minimum absolute atomic E-state index is 0.0447. The molecule has 0 bridgehead atoms. The third kappa shape index (κ3) is 11.0. The standard InChI is InChI=1S/C23H25N7O3.C20H24N6O2.C3H3NO2/c1-23(2)13-29(20(31)4-6-24)12-18(23)28-21-16(22(25)32)10-27-30-11-15(8-17(21)30)14-5-7-26-19(9-14)33-3;1-20(2)11-22-9-16(20)25-18-14(19(21)27)8-24-26-10-13(6-15(18)26)12-4-5-23-17(7-12)28-3;4-2-1-3(5)6/h5,7-11,18,28H,4,12-13H2,1-3H3,(H2,25,32);4-8,10,16,22,25H,9,11H2,1-3H3,(H2,21,27);1H2,(H,5,6)/t18-;16-;/m11./s1. The van der Waals surface area contributed by atoms with Gasteiger partial charge in [-0.1, -0.05) is 27.7 Å². The molecule has 0 aliphatic carbocycles. The lowest BCUT2D eigenvalue weighted by atomic mass is 9.87. The number of likely N-dealkylation sites (tertiary alicyclic amines) is 1. The van der Waals surface area contributed by atoms with E-state index in [0.29, 0.717) is 47.3 Å². The van der Waals surface area contributed by atoms with E-state index >= 15 is 0 Å². The summed E-state index contributed by atoms with van der Waals surface area (Å²) in [6, 6.07) is 14.7. The van der Waals surface area contributed by atoms with Gasteiger partial charge in [0.25, 0.3) is 11.8 Å². The number of ether oxygens (including phenoxy) is 2. The third-order valence-electron chi connectivity index (χ3n) is 11.6. The lowest BCUT2D eigenvalue weighted by Crippen LogP contribution is -2.35. The summed E-state index contributed by atoms with van der Waals surface area (Å²) >= 11 is 0. The average molecular weight is 913 g/mol. The van der Waals surface area contributed by atoms with E-state index in [0.717, 1.165) is 40.9 Å². The first-order chi connectivity index (χ1) is 31.9. The molecule has 0 aromatic carbocycles. The third-order valence-corrected chi connectivity index (χ3v) is 11.6. The van der Waals surface area contributed by atoms with Gasteiger partial charge >= 0.3 is 5.97 Å². The molecule has 2 saturated heterocycles. The number of methoxy groups -OCH3 is 2. The number of nitrogens with two attached hydrogens (primary N) is 2. The molecule has 6 aromatic heterocycles. The molecule has 0 spiro atoms. The number of carboxylic acids is 1. The predicted octanol–water partition coefficient (Wildman–Crippen LogP) is 3.96. The van der Waals surface area contributed by atoms with Crippen LogP contribution in [0.5, 0.6) is 11.8 Å². The zero-order valence-electron chi connectivity index (χ0n) is 37.9. The Labute approximate surface area is 385 Å². The van der Waals surface area contributed by atoms with Gasteiger partial charge in [0.15, 0.2) is 0 Å². The number of nitrogens with one attached hydrogen (secondary N) is 3. The van der Waals surface area contributed by atoms with Crippen LogP contribution in [0.25, 0.3) is 33.3 Å². The quantitative estimate of drug-likeness (QED) is 0.101. The normalized spacial score (nSPS) is 16.6. The van der Waals surface area contributed by atoms with Crippen LogP contribution in [0.3, 0.4) is 0 Å². The van der Waals surface area contributed by atoms with Crippen LogP contribution in [0.1, 0.15) is 61.3 Å². The minimum Gasteiger partial charge on any atom is -0.481 e. The fraction of sp³-hybridized carbons (Fsp3) is 0.348. The number of carbonyl (C=O) groups excluding carboxylic acids is 3. The van der Waals surface area contributed by atoms with E-state index in [1.807, 2.05) is 68.7 Å². The van der Waals surface area contributed by atoms with E-state index < -0.39 is 24.2 Å². The van der Waals surface area contributed by atoms with E-state index in [9.17, 15) is 19.2 Å². The smallest absolute Gasteiger partial charge is 0.317 e. The Kier molecular flexibility index (Phi) is 14.6. The number of carbonyl (C=O) groups is 4. The Balaban J connectivity index is 0.000000199. The number of aromatic nitrogens is 6. The number of carboxylic acid groups (broad SMARTS) is 1. The van der Waals surface area contributed by atoms with Crippen molar-refractivity contribution >= 4 is 46.1 Å². The van der Waals surface area contributed by atoms with E-state index in [4.69, 9.17) is 36.6 Å². The largest absolute Gasteiger partial charge is 0.481 e. The fourth-order valence-corrected chi connectivity index (χ4v) is 7.85. The first-order valence-electron chi connectivity index (χ1n) is 21.0. The SMILES string of the molecule is COc1cc(-c2cc3c(N[C@@H]4CN(C(=O)CC#N)CC4(C)C)c(C(N)=O)cnn3c2)ccn1.COc1cc(-c2cc3c(N[C@@H]4CNCC4(C)C)c(C(N)=O)cnn3c2)ccn1.N#CCC(=O)O. The number of rotatable bonds is 12. The van der Waals surface area contributed by atoms with Crippen molar-refractivity contribution in [1.82, 2.24) is 39.4 Å². The monoisotopic (exact) mass is 912 g/mol. The molecule has 0 saturated carbocycles. The van der Waals surface area contributed by atoms with Crippen LogP contribution in [-0.4, -0.2) is 115 Å². The summed E-state index contributed by atoms with van der Waals surface area (Å²) < 4.78 is 13.9. The van der Waals surface area contributed by atoms with Gasteiger partial charge in [-0.2, -0.15) is 20.7 Å². The lowest BCUT2D eigenvalue weighted by molar-refractivity contribution is -0.135. The van der Waals surface area contributed by atoms with Crippen LogP contribution in [0, 0.1) is 33.5 Å². The van der Waals surface area contributed by atoms with Crippen molar-refractivity contribution in [3.63, 3.8) is 0 Å². The van der Waals surface area contributed by atoms with Crippen molar-refractivity contribution in [2.45, 2.75) is 52.6 Å². The second kappa shape index (κ2) is 20.3. The first kappa shape index (κ1) is 48.2. The molecule has 0 radical (unpaired) electrons. The van der Waals surface area contributed by atoms with Crippen LogP contribution in [0.4, 0.5) is 11.4 Å². The number of nitriles is 2. The number of fused-ring (bicyclic) bond motifs is 2. The fourth-order valence-electron chi connectivity index (χ4n) is 7.85. The molecule has 348 valence electrons. The van der Waals surface area contributed by atoms with Gasteiger partial charge in [-0.3, -0.25) is 19.2 Å². The van der Waals surface area contributed by atoms with Crippen LogP contribution < -0.4 is 36.9 Å². The average Bonchev–Trinajstić information content (AvgIpc) is 4.08. The number of amides is 3. The second-order valence-electron chi connectivity index (χ2n) is 17.2. The molecule has 2 fully saturated rings. The highest BCUT2D eigenvalue weighted by Crippen LogP contribution is 2.37. The summed E-state index contributed by atoms with van der Waals surface area (Å²) in [6.45, 7) is 11.1. The number of pyridine rings is 2. The maximum absolute atomic E-state index is 12.3. The summed E-state index contributed by atoms with van der Waals surface area (Å²) in [5.41, 5.74) is 18.1. The molecule has 21 nitrogen and oxygen atoms in total. The van der Waals surface area contributed by atoms with Crippen LogP contribution in [0.15, 0.2) is 73.6 Å². The van der Waals surface area contributed by atoms with Crippen molar-refractivity contribution in [3.05, 3.63) is 84.7 Å². The Bertz CT molecular complexity index is 2910. The molecule has 2 atom stereocenters. The van der Waals surface area contributed by atoms with E-state index in [2.05, 4.69) is 50.0 Å². The van der Waals surface area contributed by atoms with Gasteiger partial charge in [0, 0.05) is 85.7 Å². The molecule has 67 heavy (non-hydrogen) atoms. The zero-order chi connectivity index (χ0) is 48.6. The van der Waals surface area contributed by atoms with Crippen molar-refractivity contribution in [2.75, 3.05) is 51.0 Å². The predicted molar refractivity (Wildman–Crippen MR) is 247 cm³/mol. The van der Waals surface area contributed by atoms with Gasteiger partial charge in [-0.15, -0.1) is 0 Å². The topological polar surface area (TPSA) is 306 Å². The summed E-state index contributed by atoms with van der Waals surface area (Å²) in [7, 11) is 3.14. The number of anilines is 2. The van der Waals surface area contributed by atoms with Gasteiger partial charge in [0.05, 0.1) is 78.3 Å². The molecule has 0 unspecified atom stereocenters. The minimum atomic E-state index is -1.07. The summed E-state index contributed by atoms with van der Waals surface area (Å²) in [4.78, 5) is 55.9. The second-order valence-corrected chi connectivity index (χ2v) is 17.2. The van der Waals surface area contributed by atoms with E-state index in [-0.39, 0.29) is 40.8 Å². The number of hydrogen-bond donors (Lipinski definition) is 6. The molecule has 2 aliphatic heterocycles. The van der Waals surface area contributed by atoms with Gasteiger partial charge in [0.1, 0.15) is 12.8 Å². The van der Waals surface area contributed by atoms with Crippen molar-refractivity contribution in [1.29, 1.82) is 10.5 Å². The molecule has 6 aromatic rings. The van der Waals surface area contributed by atoms with Gasteiger partial charge in [0.2, 0.25) is 17.7 Å². The maximum atomic E-state index is 12.3. The highest BCUT2D eigenvalue weighted by Gasteiger charge is 2.42. The number of nitrogens with zero attached hydrogens (tertiary/aromatic N) is 9. The molecular formula is C46H52N14O7. The molecule has 21 heteroatoms. The van der Waals surface area contributed by atoms with E-state index in [1.165, 1.54) is 18.5 Å².